The summed E-state index contributed by atoms with van der Waals surface area (Å²) in [5, 5.41) is 30.1. The van der Waals surface area contributed by atoms with E-state index in [0.717, 1.165) is 32.5 Å². The Morgan fingerprint density at radius 1 is 1.17 bits per heavy atom. The lowest BCUT2D eigenvalue weighted by Crippen LogP contribution is -2.25. The maximum Gasteiger partial charge on any atom is 0.275 e. The molecule has 0 atom stereocenters. The van der Waals surface area contributed by atoms with Gasteiger partial charge in [-0.15, -0.1) is 5.10 Å². The van der Waals surface area contributed by atoms with Crippen LogP contribution in [0.15, 0.2) is 66.9 Å². The molecule has 35 heavy (non-hydrogen) atoms. The fourth-order valence-electron chi connectivity index (χ4n) is 3.93. The normalized spacial score (nSPS) is 11.3. The van der Waals surface area contributed by atoms with E-state index in [9.17, 15) is 10.0 Å². The average molecular weight is 470 g/mol. The van der Waals surface area contributed by atoms with E-state index in [1.54, 1.807) is 22.9 Å². The lowest BCUT2D eigenvalue weighted by molar-refractivity contribution is -0.577. The molecule has 0 radical (unpaired) electrons. The van der Waals surface area contributed by atoms with Crippen molar-refractivity contribution in [3.63, 3.8) is 0 Å². The third kappa shape index (κ3) is 4.52. The van der Waals surface area contributed by atoms with Gasteiger partial charge in [-0.1, -0.05) is 17.3 Å². The highest BCUT2D eigenvalue weighted by atomic mass is 16.7. The number of fused-ring (bicyclic) bond motifs is 2. The number of hydroxylamine groups is 1. The largest absolute Gasteiger partial charge is 0.618 e. The summed E-state index contributed by atoms with van der Waals surface area (Å²) in [6.07, 6.45) is 1.48. The SMILES string of the molecule is Cc1cc(-c2ccc3nnn(Cc4ccc5c(ccc[n+]5[O-])c4)c3n2)ccc1C(=O)NOCCO. The van der Waals surface area contributed by atoms with Gasteiger partial charge in [0, 0.05) is 28.6 Å². The Balaban J connectivity index is 1.42. The Labute approximate surface area is 199 Å². The van der Waals surface area contributed by atoms with Crippen molar-refractivity contribution >= 4 is 28.0 Å². The second kappa shape index (κ2) is 9.45. The molecule has 0 aliphatic rings. The van der Waals surface area contributed by atoms with E-state index in [4.69, 9.17) is 14.9 Å². The second-order valence-electron chi connectivity index (χ2n) is 8.05. The van der Waals surface area contributed by atoms with Crippen molar-refractivity contribution in [2.45, 2.75) is 13.5 Å². The smallest absolute Gasteiger partial charge is 0.275 e. The summed E-state index contributed by atoms with van der Waals surface area (Å²) in [6.45, 7) is 2.12. The molecule has 3 aromatic heterocycles. The zero-order valence-corrected chi connectivity index (χ0v) is 18.9. The molecule has 10 nitrogen and oxygen atoms in total. The van der Waals surface area contributed by atoms with E-state index in [1.165, 1.54) is 6.20 Å². The van der Waals surface area contributed by atoms with Crippen LogP contribution in [0.3, 0.4) is 0 Å². The number of carbonyl (C=O) groups is 1. The van der Waals surface area contributed by atoms with Gasteiger partial charge in [-0.05, 0) is 54.4 Å². The molecule has 0 bridgehead atoms. The van der Waals surface area contributed by atoms with Crippen LogP contribution >= 0.6 is 0 Å². The second-order valence-corrected chi connectivity index (χ2v) is 8.05. The lowest BCUT2D eigenvalue weighted by Gasteiger charge is -2.09. The van der Waals surface area contributed by atoms with Crippen molar-refractivity contribution in [1.82, 2.24) is 25.5 Å². The predicted molar refractivity (Wildman–Crippen MR) is 128 cm³/mol. The zero-order valence-electron chi connectivity index (χ0n) is 18.9. The van der Waals surface area contributed by atoms with Gasteiger partial charge in [-0.2, -0.15) is 4.73 Å². The Bertz CT molecular complexity index is 1550. The van der Waals surface area contributed by atoms with Crippen molar-refractivity contribution < 1.29 is 19.5 Å². The highest BCUT2D eigenvalue weighted by molar-refractivity contribution is 5.95. The van der Waals surface area contributed by atoms with Gasteiger partial charge in [0.1, 0.15) is 5.52 Å². The van der Waals surface area contributed by atoms with Crippen LogP contribution in [0, 0.1) is 12.1 Å². The highest BCUT2D eigenvalue weighted by Gasteiger charge is 2.13. The van der Waals surface area contributed by atoms with E-state index in [-0.39, 0.29) is 19.1 Å². The molecule has 5 aromatic rings. The van der Waals surface area contributed by atoms with Gasteiger partial charge in [0.25, 0.3) is 5.91 Å². The number of aryl methyl sites for hydroxylation is 1. The van der Waals surface area contributed by atoms with E-state index in [1.807, 2.05) is 49.4 Å². The minimum absolute atomic E-state index is 0.0202. The van der Waals surface area contributed by atoms with Gasteiger partial charge in [-0.3, -0.25) is 9.63 Å². The molecule has 5 rings (SSSR count). The number of pyridine rings is 2. The highest BCUT2D eigenvalue weighted by Crippen LogP contribution is 2.23. The van der Waals surface area contributed by atoms with Gasteiger partial charge in [0.05, 0.1) is 25.5 Å². The molecule has 0 aliphatic carbocycles. The predicted octanol–water partition coefficient (Wildman–Crippen LogP) is 2.29. The number of rotatable bonds is 7. The van der Waals surface area contributed by atoms with E-state index in [2.05, 4.69) is 15.8 Å². The van der Waals surface area contributed by atoms with E-state index in [0.29, 0.717) is 28.8 Å². The first-order valence-corrected chi connectivity index (χ1v) is 11.0. The van der Waals surface area contributed by atoms with Crippen LogP contribution in [0.2, 0.25) is 0 Å². The summed E-state index contributed by atoms with van der Waals surface area (Å²) in [6, 6.07) is 18.4. The van der Waals surface area contributed by atoms with Gasteiger partial charge in [-0.25, -0.2) is 15.1 Å². The molecule has 0 fully saturated rings. The number of carbonyl (C=O) groups excluding carboxylic acids is 1. The number of aromatic nitrogens is 5. The van der Waals surface area contributed by atoms with Crippen LogP contribution in [0.1, 0.15) is 21.5 Å². The number of aliphatic hydroxyl groups excluding tert-OH is 1. The topological polar surface area (TPSA) is 129 Å². The number of amides is 1. The molecule has 0 saturated heterocycles. The summed E-state index contributed by atoms with van der Waals surface area (Å²) >= 11 is 0. The molecule has 2 N–H and O–H groups in total. The van der Waals surface area contributed by atoms with Crippen LogP contribution in [0.25, 0.3) is 33.3 Å². The Kier molecular flexibility index (Phi) is 6.04. The number of aliphatic hydroxyl groups is 1. The molecular formula is C25H22N6O4. The number of nitrogens with one attached hydrogen (secondary N) is 1. The third-order valence-electron chi connectivity index (χ3n) is 5.64. The standard InChI is InChI=1S/C25H22N6O4/c1-16-13-18(5-6-20(16)25(33)28-35-12-11-32)21-7-8-22-24(26-21)30(29-27-22)15-17-4-9-23-19(14-17)3-2-10-31(23)34/h2-10,13-14,32H,11-12,15H2,1H3,(H,28,33). The van der Waals surface area contributed by atoms with Gasteiger partial charge in [0.2, 0.25) is 5.52 Å². The fraction of sp³-hybridized carbons (Fsp3) is 0.160. The maximum atomic E-state index is 12.3. The fourth-order valence-corrected chi connectivity index (χ4v) is 3.93. The average Bonchev–Trinajstić information content (AvgIpc) is 3.26. The van der Waals surface area contributed by atoms with Gasteiger partial charge < -0.3 is 10.3 Å². The van der Waals surface area contributed by atoms with Crippen LogP contribution in [-0.2, 0) is 11.4 Å². The van der Waals surface area contributed by atoms with Crippen LogP contribution < -0.4 is 10.2 Å². The van der Waals surface area contributed by atoms with Crippen molar-refractivity contribution in [2.75, 3.05) is 13.2 Å². The van der Waals surface area contributed by atoms with Crippen molar-refractivity contribution in [3.05, 3.63) is 88.8 Å². The minimum Gasteiger partial charge on any atom is -0.618 e. The molecular weight excluding hydrogens is 448 g/mol. The third-order valence-corrected chi connectivity index (χ3v) is 5.64. The molecule has 1 amide bonds. The molecule has 0 aliphatic heterocycles. The minimum atomic E-state index is -0.383. The summed E-state index contributed by atoms with van der Waals surface area (Å²) in [4.78, 5) is 22.0. The summed E-state index contributed by atoms with van der Waals surface area (Å²) in [5.41, 5.74) is 7.97. The number of benzene rings is 2. The molecule has 0 spiro atoms. The summed E-state index contributed by atoms with van der Waals surface area (Å²) in [7, 11) is 0. The van der Waals surface area contributed by atoms with Crippen LogP contribution in [0.4, 0.5) is 0 Å². The summed E-state index contributed by atoms with van der Waals surface area (Å²) < 4.78 is 2.57. The molecule has 0 unspecified atom stereocenters. The van der Waals surface area contributed by atoms with E-state index >= 15 is 0 Å². The molecule has 10 heteroatoms. The first-order chi connectivity index (χ1) is 17.0. The van der Waals surface area contributed by atoms with Gasteiger partial charge in [0.15, 0.2) is 11.8 Å². The van der Waals surface area contributed by atoms with Crippen molar-refractivity contribution in [3.8, 4) is 11.3 Å². The van der Waals surface area contributed by atoms with Crippen molar-refractivity contribution in [2.24, 2.45) is 0 Å². The molecule has 176 valence electrons. The lowest BCUT2D eigenvalue weighted by atomic mass is 10.0. The quantitative estimate of drug-likeness (QED) is 0.162. The first kappa shape index (κ1) is 22.4. The first-order valence-electron chi connectivity index (χ1n) is 11.0. The summed E-state index contributed by atoms with van der Waals surface area (Å²) in [5.74, 6) is -0.383. The molecule has 0 saturated carbocycles. The van der Waals surface area contributed by atoms with Crippen molar-refractivity contribution in [1.29, 1.82) is 0 Å². The Hall–Kier alpha value is -4.41. The Morgan fingerprint density at radius 3 is 2.89 bits per heavy atom. The van der Waals surface area contributed by atoms with Crippen LogP contribution in [-0.4, -0.2) is 44.2 Å². The van der Waals surface area contributed by atoms with Crippen LogP contribution in [0.5, 0.6) is 0 Å². The number of hydrogen-bond donors (Lipinski definition) is 2. The number of nitrogens with zero attached hydrogens (tertiary/aromatic N) is 5. The zero-order chi connectivity index (χ0) is 24.4. The maximum absolute atomic E-state index is 12.3. The monoisotopic (exact) mass is 470 g/mol. The molecule has 2 aromatic carbocycles. The number of hydrogen-bond acceptors (Lipinski definition) is 7. The van der Waals surface area contributed by atoms with Gasteiger partial charge >= 0.3 is 0 Å². The molecule has 3 heterocycles. The Morgan fingerprint density at radius 2 is 2.06 bits per heavy atom. The van der Waals surface area contributed by atoms with E-state index < -0.39 is 0 Å².